The molecule has 0 saturated carbocycles. The molecule has 17 heavy (non-hydrogen) atoms. The number of thiophene rings is 1. The number of hydrogen-bond donors (Lipinski definition) is 1. The van der Waals surface area contributed by atoms with Gasteiger partial charge in [0, 0.05) is 12.7 Å². The van der Waals surface area contributed by atoms with E-state index < -0.39 is 0 Å². The molecule has 0 aliphatic rings. The van der Waals surface area contributed by atoms with Crippen LogP contribution in [0.4, 0.5) is 0 Å². The SMILES string of the molecule is COCc1ccc(C(N)c2cc(Br)sc2Br)o1. The van der Waals surface area contributed by atoms with Crippen LogP contribution in [0.2, 0.25) is 0 Å². The molecule has 6 heteroatoms. The molecule has 0 radical (unpaired) electrons. The van der Waals surface area contributed by atoms with Crippen LogP contribution >= 0.6 is 43.2 Å². The van der Waals surface area contributed by atoms with Crippen molar-refractivity contribution in [3.05, 3.63) is 42.9 Å². The van der Waals surface area contributed by atoms with Crippen LogP contribution in [0.15, 0.2) is 30.2 Å². The average Bonchev–Trinajstić information content (AvgIpc) is 2.85. The third-order valence-corrected chi connectivity index (χ3v) is 4.68. The van der Waals surface area contributed by atoms with Gasteiger partial charge in [0.1, 0.15) is 18.1 Å². The maximum Gasteiger partial charge on any atom is 0.129 e. The van der Waals surface area contributed by atoms with Crippen LogP contribution in [-0.4, -0.2) is 7.11 Å². The number of ether oxygens (including phenoxy) is 1. The molecule has 2 aromatic rings. The summed E-state index contributed by atoms with van der Waals surface area (Å²) in [6, 6.07) is 5.50. The lowest BCUT2D eigenvalue weighted by Crippen LogP contribution is -2.10. The van der Waals surface area contributed by atoms with Crippen LogP contribution in [0.3, 0.4) is 0 Å². The number of hydrogen-bond acceptors (Lipinski definition) is 4. The molecular formula is C11H11Br2NO2S. The molecule has 2 N–H and O–H groups in total. The largest absolute Gasteiger partial charge is 0.462 e. The summed E-state index contributed by atoms with van der Waals surface area (Å²) in [5.41, 5.74) is 7.18. The molecule has 2 aromatic heterocycles. The molecule has 0 amide bonds. The summed E-state index contributed by atoms with van der Waals surface area (Å²) >= 11 is 8.53. The number of halogens is 2. The third-order valence-electron chi connectivity index (χ3n) is 2.29. The van der Waals surface area contributed by atoms with Gasteiger partial charge >= 0.3 is 0 Å². The van der Waals surface area contributed by atoms with Gasteiger partial charge in [0.2, 0.25) is 0 Å². The minimum Gasteiger partial charge on any atom is -0.462 e. The molecular weight excluding hydrogens is 370 g/mol. The second kappa shape index (κ2) is 5.67. The smallest absolute Gasteiger partial charge is 0.129 e. The van der Waals surface area contributed by atoms with Crippen LogP contribution in [-0.2, 0) is 11.3 Å². The van der Waals surface area contributed by atoms with E-state index in [0.29, 0.717) is 6.61 Å². The van der Waals surface area contributed by atoms with Crippen LogP contribution in [0, 0.1) is 0 Å². The Kier molecular flexibility index (Phi) is 4.43. The predicted molar refractivity (Wildman–Crippen MR) is 75.2 cm³/mol. The lowest BCUT2D eigenvalue weighted by atomic mass is 10.1. The van der Waals surface area contributed by atoms with Gasteiger partial charge in [0.15, 0.2) is 0 Å². The highest BCUT2D eigenvalue weighted by Crippen LogP contribution is 2.37. The van der Waals surface area contributed by atoms with Gasteiger partial charge < -0.3 is 14.9 Å². The average molecular weight is 381 g/mol. The van der Waals surface area contributed by atoms with E-state index in [4.69, 9.17) is 14.9 Å². The van der Waals surface area contributed by atoms with Crippen LogP contribution in [0.25, 0.3) is 0 Å². The van der Waals surface area contributed by atoms with Crippen molar-refractivity contribution in [2.45, 2.75) is 12.6 Å². The lowest BCUT2D eigenvalue weighted by Gasteiger charge is -2.07. The van der Waals surface area contributed by atoms with Crippen molar-refractivity contribution in [1.29, 1.82) is 0 Å². The normalized spacial score (nSPS) is 12.9. The molecule has 0 fully saturated rings. The molecule has 0 spiro atoms. The summed E-state index contributed by atoms with van der Waals surface area (Å²) in [7, 11) is 1.63. The first kappa shape index (κ1) is 13.3. The van der Waals surface area contributed by atoms with E-state index in [-0.39, 0.29) is 6.04 Å². The Morgan fingerprint density at radius 2 is 2.24 bits per heavy atom. The van der Waals surface area contributed by atoms with Gasteiger partial charge in [-0.1, -0.05) is 0 Å². The summed E-state index contributed by atoms with van der Waals surface area (Å²) in [5.74, 6) is 1.52. The van der Waals surface area contributed by atoms with Crippen molar-refractivity contribution < 1.29 is 9.15 Å². The Morgan fingerprint density at radius 1 is 1.47 bits per heavy atom. The van der Waals surface area contributed by atoms with E-state index in [0.717, 1.165) is 24.7 Å². The highest BCUT2D eigenvalue weighted by molar-refractivity contribution is 9.12. The summed E-state index contributed by atoms with van der Waals surface area (Å²) in [4.78, 5) is 0. The van der Waals surface area contributed by atoms with E-state index in [1.165, 1.54) is 0 Å². The van der Waals surface area contributed by atoms with E-state index in [2.05, 4.69) is 31.9 Å². The second-order valence-corrected chi connectivity index (χ2v) is 7.24. The van der Waals surface area contributed by atoms with Crippen LogP contribution in [0.5, 0.6) is 0 Å². The number of rotatable bonds is 4. The number of nitrogens with two attached hydrogens (primary N) is 1. The zero-order valence-electron chi connectivity index (χ0n) is 9.07. The minimum absolute atomic E-state index is 0.266. The summed E-state index contributed by atoms with van der Waals surface area (Å²) in [6.45, 7) is 0.460. The molecule has 92 valence electrons. The molecule has 0 aliphatic heterocycles. The summed E-state index contributed by atoms with van der Waals surface area (Å²) in [5, 5.41) is 0. The van der Waals surface area contributed by atoms with Crippen molar-refractivity contribution in [3.63, 3.8) is 0 Å². The Morgan fingerprint density at radius 3 is 2.82 bits per heavy atom. The van der Waals surface area contributed by atoms with Crippen molar-refractivity contribution in [3.8, 4) is 0 Å². The van der Waals surface area contributed by atoms with Gasteiger partial charge in [-0.05, 0) is 50.1 Å². The van der Waals surface area contributed by atoms with Gasteiger partial charge in [-0.3, -0.25) is 0 Å². The van der Waals surface area contributed by atoms with Gasteiger partial charge in [-0.15, -0.1) is 11.3 Å². The molecule has 1 atom stereocenters. The maximum atomic E-state index is 6.16. The van der Waals surface area contributed by atoms with Crippen molar-refractivity contribution >= 4 is 43.2 Å². The molecule has 0 bridgehead atoms. The Labute approximate surface area is 120 Å². The molecule has 2 heterocycles. The fourth-order valence-corrected chi connectivity index (χ4v) is 4.43. The predicted octanol–water partition coefficient (Wildman–Crippen LogP) is 4.06. The molecule has 2 rings (SSSR count). The van der Waals surface area contributed by atoms with E-state index >= 15 is 0 Å². The van der Waals surface area contributed by atoms with Crippen molar-refractivity contribution in [1.82, 2.24) is 0 Å². The van der Waals surface area contributed by atoms with E-state index in [9.17, 15) is 0 Å². The first-order valence-electron chi connectivity index (χ1n) is 4.89. The molecule has 1 unspecified atom stereocenters. The Hall–Kier alpha value is -0.140. The van der Waals surface area contributed by atoms with E-state index in [1.807, 2.05) is 18.2 Å². The van der Waals surface area contributed by atoms with Gasteiger partial charge in [0.25, 0.3) is 0 Å². The zero-order valence-corrected chi connectivity index (χ0v) is 13.1. The van der Waals surface area contributed by atoms with Crippen molar-refractivity contribution in [2.24, 2.45) is 5.73 Å². The highest BCUT2D eigenvalue weighted by Gasteiger charge is 2.18. The quantitative estimate of drug-likeness (QED) is 0.869. The van der Waals surface area contributed by atoms with Crippen LogP contribution < -0.4 is 5.73 Å². The highest BCUT2D eigenvalue weighted by atomic mass is 79.9. The van der Waals surface area contributed by atoms with Crippen LogP contribution in [0.1, 0.15) is 23.1 Å². The van der Waals surface area contributed by atoms with Gasteiger partial charge in [-0.25, -0.2) is 0 Å². The standard InChI is InChI=1S/C11H11Br2NO2S/c1-15-5-6-2-3-8(16-6)10(14)7-4-9(12)17-11(7)13/h2-4,10H,5,14H2,1H3. The summed E-state index contributed by atoms with van der Waals surface area (Å²) in [6.07, 6.45) is 0. The molecule has 0 aliphatic carbocycles. The zero-order chi connectivity index (χ0) is 12.4. The second-order valence-electron chi connectivity index (χ2n) is 3.49. The maximum absolute atomic E-state index is 6.16. The first-order chi connectivity index (χ1) is 8.11. The first-order valence-corrected chi connectivity index (χ1v) is 7.30. The van der Waals surface area contributed by atoms with Gasteiger partial charge in [0.05, 0.1) is 13.6 Å². The van der Waals surface area contributed by atoms with Crippen molar-refractivity contribution in [2.75, 3.05) is 7.11 Å². The summed E-state index contributed by atoms with van der Waals surface area (Å²) < 4.78 is 12.7. The molecule has 0 aromatic carbocycles. The monoisotopic (exact) mass is 379 g/mol. The number of methoxy groups -OCH3 is 1. The Balaban J connectivity index is 2.24. The van der Waals surface area contributed by atoms with Gasteiger partial charge in [-0.2, -0.15) is 0 Å². The Bertz CT molecular complexity index is 509. The fraction of sp³-hybridized carbons (Fsp3) is 0.273. The topological polar surface area (TPSA) is 48.4 Å². The molecule has 0 saturated heterocycles. The minimum atomic E-state index is -0.266. The lowest BCUT2D eigenvalue weighted by molar-refractivity contribution is 0.162. The third kappa shape index (κ3) is 3.00. The van der Waals surface area contributed by atoms with E-state index in [1.54, 1.807) is 18.4 Å². The number of furan rings is 1. The molecule has 3 nitrogen and oxygen atoms in total. The fourth-order valence-electron chi connectivity index (χ4n) is 1.50.